The van der Waals surface area contributed by atoms with Gasteiger partial charge in [-0.1, -0.05) is 30.3 Å². The van der Waals surface area contributed by atoms with Crippen LogP contribution in [0.5, 0.6) is 5.75 Å². The van der Waals surface area contributed by atoms with Crippen molar-refractivity contribution in [1.82, 2.24) is 5.32 Å². The zero-order valence-electron chi connectivity index (χ0n) is 14.2. The number of hydrogen-bond acceptors (Lipinski definition) is 2. The molecule has 3 rings (SSSR count). The van der Waals surface area contributed by atoms with E-state index in [1.807, 2.05) is 36.4 Å². The van der Waals surface area contributed by atoms with E-state index < -0.39 is 0 Å². The van der Waals surface area contributed by atoms with Crippen molar-refractivity contribution in [2.24, 2.45) is 0 Å². The van der Waals surface area contributed by atoms with Gasteiger partial charge in [0.25, 0.3) is 5.91 Å². The average molecular weight is 327 g/mol. The third-order valence-corrected chi connectivity index (χ3v) is 4.68. The van der Waals surface area contributed by atoms with Gasteiger partial charge >= 0.3 is 0 Å². The Hall–Kier alpha value is -2.07. The van der Waals surface area contributed by atoms with Crippen LogP contribution in [0, 0.1) is 0 Å². The second kappa shape index (κ2) is 8.69. The number of piperidine rings is 1. The van der Waals surface area contributed by atoms with Crippen molar-refractivity contribution in [3.8, 4) is 5.75 Å². The Kier molecular flexibility index (Phi) is 6.07. The molecule has 1 aliphatic heterocycles. The zero-order chi connectivity index (χ0) is 16.6. The minimum Gasteiger partial charge on any atom is -0.484 e. The number of ether oxygens (including phenoxy) is 1. The highest BCUT2D eigenvalue weighted by Gasteiger charge is 2.12. The second-order valence-corrected chi connectivity index (χ2v) is 6.56. The van der Waals surface area contributed by atoms with Crippen molar-refractivity contribution < 1.29 is 14.4 Å². The van der Waals surface area contributed by atoms with E-state index in [1.54, 1.807) is 4.90 Å². The molecule has 0 aromatic heterocycles. The van der Waals surface area contributed by atoms with Crippen LogP contribution in [0.2, 0.25) is 0 Å². The molecule has 24 heavy (non-hydrogen) atoms. The molecule has 1 aliphatic rings. The third kappa shape index (κ3) is 4.96. The predicted octanol–water partition coefficient (Wildman–Crippen LogP) is 1.79. The summed E-state index contributed by atoms with van der Waals surface area (Å²) < 4.78 is 5.61. The van der Waals surface area contributed by atoms with Crippen LogP contribution in [0.3, 0.4) is 0 Å². The fraction of sp³-hybridized carbons (Fsp3) is 0.450. The first-order valence-electron chi connectivity index (χ1n) is 9.03. The lowest BCUT2D eigenvalue weighted by Crippen LogP contribution is -3.12. The Labute approximate surface area is 143 Å². The molecule has 1 fully saturated rings. The lowest BCUT2D eigenvalue weighted by Gasteiger charge is -2.23. The maximum absolute atomic E-state index is 11.9. The molecule has 4 nitrogen and oxygen atoms in total. The van der Waals surface area contributed by atoms with Crippen LogP contribution in [0.25, 0.3) is 10.8 Å². The van der Waals surface area contributed by atoms with Gasteiger partial charge in [0.05, 0.1) is 19.6 Å². The molecular weight excluding hydrogens is 300 g/mol. The Bertz CT molecular complexity index is 665. The van der Waals surface area contributed by atoms with E-state index in [4.69, 9.17) is 4.74 Å². The fourth-order valence-electron chi connectivity index (χ4n) is 3.33. The highest BCUT2D eigenvalue weighted by Crippen LogP contribution is 2.20. The van der Waals surface area contributed by atoms with Gasteiger partial charge in [-0.05, 0) is 42.2 Å². The normalized spacial score (nSPS) is 15.3. The number of likely N-dealkylation sites (tertiary alicyclic amines) is 1. The molecule has 0 radical (unpaired) electrons. The van der Waals surface area contributed by atoms with E-state index in [9.17, 15) is 4.79 Å². The van der Waals surface area contributed by atoms with E-state index in [0.29, 0.717) is 0 Å². The topological polar surface area (TPSA) is 42.8 Å². The van der Waals surface area contributed by atoms with E-state index in [1.165, 1.54) is 37.7 Å². The number of carbonyl (C=O) groups is 1. The summed E-state index contributed by atoms with van der Waals surface area (Å²) in [5.41, 5.74) is 0. The van der Waals surface area contributed by atoms with Crippen LogP contribution < -0.4 is 15.0 Å². The van der Waals surface area contributed by atoms with Crippen LogP contribution in [-0.2, 0) is 4.79 Å². The van der Waals surface area contributed by atoms with E-state index in [-0.39, 0.29) is 12.5 Å². The molecule has 2 aromatic rings. The minimum absolute atomic E-state index is 0.0446. The van der Waals surface area contributed by atoms with Gasteiger partial charge in [0.1, 0.15) is 5.75 Å². The van der Waals surface area contributed by atoms with Gasteiger partial charge in [-0.3, -0.25) is 4.79 Å². The number of quaternary nitrogens is 1. The second-order valence-electron chi connectivity index (χ2n) is 6.56. The SMILES string of the molecule is O=C(COc1ccc2ccccc2c1)NCCC[NH+]1CCCCC1. The van der Waals surface area contributed by atoms with Gasteiger partial charge in [0, 0.05) is 13.0 Å². The Morgan fingerprint density at radius 1 is 1.04 bits per heavy atom. The van der Waals surface area contributed by atoms with Crippen molar-refractivity contribution in [2.75, 3.05) is 32.8 Å². The molecule has 0 unspecified atom stereocenters. The summed E-state index contributed by atoms with van der Waals surface area (Å²) in [6, 6.07) is 14.0. The number of fused-ring (bicyclic) bond motifs is 1. The van der Waals surface area contributed by atoms with Gasteiger partial charge in [0.2, 0.25) is 0 Å². The van der Waals surface area contributed by atoms with Gasteiger partial charge in [-0.25, -0.2) is 0 Å². The van der Waals surface area contributed by atoms with Crippen LogP contribution >= 0.6 is 0 Å². The number of nitrogens with one attached hydrogen (secondary N) is 2. The molecular formula is C20H27N2O2+. The van der Waals surface area contributed by atoms with Gasteiger partial charge in [-0.2, -0.15) is 0 Å². The van der Waals surface area contributed by atoms with Crippen LogP contribution in [0.1, 0.15) is 25.7 Å². The van der Waals surface area contributed by atoms with Gasteiger partial charge in [0.15, 0.2) is 6.61 Å². The standard InChI is InChI=1S/C20H26N2O2/c23-20(21-11-6-14-22-12-4-1-5-13-22)16-24-19-10-9-17-7-2-3-8-18(17)15-19/h2-3,7-10,15H,1,4-6,11-14,16H2,(H,21,23)/p+1. The fourth-order valence-corrected chi connectivity index (χ4v) is 3.33. The molecule has 2 aromatic carbocycles. The first kappa shape index (κ1) is 16.8. The predicted molar refractivity (Wildman–Crippen MR) is 96.5 cm³/mol. The summed E-state index contributed by atoms with van der Waals surface area (Å²) >= 11 is 0. The summed E-state index contributed by atoms with van der Waals surface area (Å²) in [4.78, 5) is 13.6. The summed E-state index contributed by atoms with van der Waals surface area (Å²) in [6.07, 6.45) is 5.12. The smallest absolute Gasteiger partial charge is 0.257 e. The third-order valence-electron chi connectivity index (χ3n) is 4.68. The number of carbonyl (C=O) groups excluding carboxylic acids is 1. The number of benzene rings is 2. The summed E-state index contributed by atoms with van der Waals surface area (Å²) in [5.74, 6) is 0.693. The van der Waals surface area contributed by atoms with Gasteiger partial charge in [-0.15, -0.1) is 0 Å². The average Bonchev–Trinajstić information content (AvgIpc) is 2.64. The molecule has 2 N–H and O–H groups in total. The van der Waals surface area contributed by atoms with Crippen molar-refractivity contribution in [2.45, 2.75) is 25.7 Å². The lowest BCUT2D eigenvalue weighted by molar-refractivity contribution is -0.904. The Morgan fingerprint density at radius 3 is 2.67 bits per heavy atom. The van der Waals surface area contributed by atoms with Crippen LogP contribution in [-0.4, -0.2) is 38.7 Å². The molecule has 1 saturated heterocycles. The van der Waals surface area contributed by atoms with E-state index in [2.05, 4.69) is 11.4 Å². The summed E-state index contributed by atoms with van der Waals surface area (Å²) in [6.45, 7) is 4.56. The highest BCUT2D eigenvalue weighted by molar-refractivity contribution is 5.84. The summed E-state index contributed by atoms with van der Waals surface area (Å²) in [5, 5.41) is 5.25. The zero-order valence-corrected chi connectivity index (χ0v) is 14.2. The van der Waals surface area contributed by atoms with Crippen LogP contribution in [0.15, 0.2) is 42.5 Å². The number of hydrogen-bond donors (Lipinski definition) is 2. The number of rotatable bonds is 7. The molecule has 0 spiro atoms. The maximum atomic E-state index is 11.9. The largest absolute Gasteiger partial charge is 0.484 e. The molecule has 1 amide bonds. The van der Waals surface area contributed by atoms with E-state index >= 15 is 0 Å². The molecule has 1 heterocycles. The van der Waals surface area contributed by atoms with Crippen molar-refractivity contribution >= 4 is 16.7 Å². The Morgan fingerprint density at radius 2 is 1.83 bits per heavy atom. The minimum atomic E-state index is -0.0446. The molecule has 4 heteroatoms. The van der Waals surface area contributed by atoms with Crippen LogP contribution in [0.4, 0.5) is 0 Å². The Balaban J connectivity index is 1.35. The van der Waals surface area contributed by atoms with E-state index in [0.717, 1.165) is 30.6 Å². The molecule has 0 saturated carbocycles. The van der Waals surface area contributed by atoms with Crippen molar-refractivity contribution in [1.29, 1.82) is 0 Å². The lowest BCUT2D eigenvalue weighted by atomic mass is 10.1. The molecule has 0 bridgehead atoms. The van der Waals surface area contributed by atoms with Gasteiger partial charge < -0.3 is 15.0 Å². The molecule has 0 atom stereocenters. The first-order valence-corrected chi connectivity index (χ1v) is 9.03. The quantitative estimate of drug-likeness (QED) is 0.762. The maximum Gasteiger partial charge on any atom is 0.257 e. The number of amides is 1. The molecule has 0 aliphatic carbocycles. The molecule has 128 valence electrons. The monoisotopic (exact) mass is 327 g/mol. The summed E-state index contributed by atoms with van der Waals surface area (Å²) in [7, 11) is 0. The van der Waals surface area contributed by atoms with Crippen molar-refractivity contribution in [3.05, 3.63) is 42.5 Å². The highest BCUT2D eigenvalue weighted by atomic mass is 16.5. The van der Waals surface area contributed by atoms with Crippen molar-refractivity contribution in [3.63, 3.8) is 0 Å². The first-order chi connectivity index (χ1) is 11.8.